The maximum Gasteiger partial charge on any atom is 0.249 e. The van der Waals surface area contributed by atoms with Gasteiger partial charge in [-0.15, -0.1) is 0 Å². The average molecular weight is 280 g/mol. The van der Waals surface area contributed by atoms with Gasteiger partial charge in [-0.2, -0.15) is 0 Å². The van der Waals surface area contributed by atoms with Gasteiger partial charge in [0.05, 0.1) is 0 Å². The number of rotatable bonds is 5. The number of nitrogens with zero attached hydrogens (tertiary/aromatic N) is 1. The van der Waals surface area contributed by atoms with E-state index in [1.54, 1.807) is 0 Å². The van der Waals surface area contributed by atoms with Gasteiger partial charge in [-0.25, -0.2) is 0 Å². The van der Waals surface area contributed by atoms with Crippen LogP contribution in [0.1, 0.15) is 66.2 Å². The first-order valence-corrected chi connectivity index (χ1v) is 8.15. The zero-order valence-electron chi connectivity index (χ0n) is 13.2. The molecule has 4 nitrogen and oxygen atoms in total. The quantitative estimate of drug-likeness (QED) is 0.841. The second-order valence-corrected chi connectivity index (χ2v) is 6.35. The molecule has 114 valence electrons. The topological polar surface area (TPSA) is 49.4 Å². The van der Waals surface area contributed by atoms with E-state index in [2.05, 4.69) is 12.2 Å². The lowest BCUT2D eigenvalue weighted by Crippen LogP contribution is -2.72. The Morgan fingerprint density at radius 3 is 2.25 bits per heavy atom. The molecule has 4 heteroatoms. The zero-order chi connectivity index (χ0) is 14.9. The minimum Gasteiger partial charge on any atom is -0.340 e. The molecule has 1 aliphatic carbocycles. The van der Waals surface area contributed by atoms with E-state index < -0.39 is 5.54 Å². The van der Waals surface area contributed by atoms with E-state index in [1.807, 2.05) is 25.7 Å². The molecule has 2 fully saturated rings. The summed E-state index contributed by atoms with van der Waals surface area (Å²) in [4.78, 5) is 27.4. The largest absolute Gasteiger partial charge is 0.340 e. The van der Waals surface area contributed by atoms with Gasteiger partial charge in [0.25, 0.3) is 0 Å². The van der Waals surface area contributed by atoms with Crippen molar-refractivity contribution in [2.75, 3.05) is 0 Å². The Balaban J connectivity index is 2.31. The first kappa shape index (κ1) is 15.3. The molecule has 1 saturated heterocycles. The average Bonchev–Trinajstić information content (AvgIpc) is 2.38. The van der Waals surface area contributed by atoms with E-state index in [4.69, 9.17) is 0 Å². The molecule has 0 spiro atoms. The van der Waals surface area contributed by atoms with Crippen molar-refractivity contribution < 1.29 is 9.59 Å². The van der Waals surface area contributed by atoms with Crippen molar-refractivity contribution in [2.24, 2.45) is 5.92 Å². The lowest BCUT2D eigenvalue weighted by Gasteiger charge is -2.50. The molecule has 1 aliphatic heterocycles. The van der Waals surface area contributed by atoms with Crippen LogP contribution in [-0.2, 0) is 9.59 Å². The van der Waals surface area contributed by atoms with Gasteiger partial charge >= 0.3 is 0 Å². The van der Waals surface area contributed by atoms with Crippen LogP contribution in [0.15, 0.2) is 0 Å². The van der Waals surface area contributed by atoms with E-state index in [0.717, 1.165) is 0 Å². The molecular weight excluding hydrogens is 252 g/mol. The Hall–Kier alpha value is -1.06. The van der Waals surface area contributed by atoms with Crippen LogP contribution < -0.4 is 5.32 Å². The normalized spacial score (nSPS) is 28.0. The van der Waals surface area contributed by atoms with Crippen molar-refractivity contribution in [3.8, 4) is 0 Å². The van der Waals surface area contributed by atoms with E-state index in [0.29, 0.717) is 25.2 Å². The Morgan fingerprint density at radius 2 is 1.85 bits per heavy atom. The molecule has 2 aliphatic rings. The molecule has 0 aromatic carbocycles. The van der Waals surface area contributed by atoms with Crippen molar-refractivity contribution in [1.29, 1.82) is 0 Å². The molecule has 1 N–H and O–H groups in total. The molecule has 2 amide bonds. The van der Waals surface area contributed by atoms with Gasteiger partial charge in [-0.05, 0) is 44.9 Å². The zero-order valence-corrected chi connectivity index (χ0v) is 13.2. The third kappa shape index (κ3) is 2.23. The predicted molar refractivity (Wildman–Crippen MR) is 79.2 cm³/mol. The van der Waals surface area contributed by atoms with E-state index in [1.165, 1.54) is 19.3 Å². The summed E-state index contributed by atoms with van der Waals surface area (Å²) < 4.78 is 0. The summed E-state index contributed by atoms with van der Waals surface area (Å²) in [7, 11) is 0. The van der Waals surface area contributed by atoms with Crippen LogP contribution >= 0.6 is 0 Å². The second kappa shape index (κ2) is 5.74. The fraction of sp³-hybridized carbons (Fsp3) is 0.875. The highest BCUT2D eigenvalue weighted by Gasteiger charge is 2.50. The standard InChI is InChI=1S/C16H28N2O2/c1-5-13-14(19)17-16(6-2,7-3)15(20)18(13)11(4)12-9-8-10-12/h11-13H,5-10H2,1-4H3,(H,17,19). The molecule has 0 aromatic heterocycles. The number of hydrogen-bond donors (Lipinski definition) is 1. The number of piperazine rings is 1. The molecule has 2 rings (SSSR count). The highest BCUT2D eigenvalue weighted by molar-refractivity contribution is 6.00. The van der Waals surface area contributed by atoms with Gasteiger partial charge in [0.1, 0.15) is 11.6 Å². The van der Waals surface area contributed by atoms with E-state index in [-0.39, 0.29) is 23.9 Å². The Kier molecular flexibility index (Phi) is 4.40. The SMILES string of the molecule is CCC1C(=O)NC(CC)(CC)C(=O)N1C(C)C1CCC1. The fourth-order valence-corrected chi connectivity index (χ4v) is 3.62. The highest BCUT2D eigenvalue weighted by Crippen LogP contribution is 2.36. The van der Waals surface area contributed by atoms with Crippen LogP contribution in [0.4, 0.5) is 0 Å². The summed E-state index contributed by atoms with van der Waals surface area (Å²) in [5.41, 5.74) is -0.680. The lowest BCUT2D eigenvalue weighted by molar-refractivity contribution is -0.160. The highest BCUT2D eigenvalue weighted by atomic mass is 16.2. The van der Waals surface area contributed by atoms with Crippen LogP contribution in [0.2, 0.25) is 0 Å². The van der Waals surface area contributed by atoms with Crippen LogP contribution in [-0.4, -0.2) is 34.3 Å². The third-order valence-corrected chi connectivity index (χ3v) is 5.51. The van der Waals surface area contributed by atoms with Crippen LogP contribution in [0.5, 0.6) is 0 Å². The molecule has 2 atom stereocenters. The lowest BCUT2D eigenvalue weighted by atomic mass is 9.77. The van der Waals surface area contributed by atoms with E-state index >= 15 is 0 Å². The molecule has 0 bridgehead atoms. The summed E-state index contributed by atoms with van der Waals surface area (Å²) in [6.45, 7) is 8.09. The van der Waals surface area contributed by atoms with Gasteiger partial charge in [0.2, 0.25) is 11.8 Å². The van der Waals surface area contributed by atoms with Crippen molar-refractivity contribution in [1.82, 2.24) is 10.2 Å². The molecule has 1 heterocycles. The van der Waals surface area contributed by atoms with E-state index in [9.17, 15) is 9.59 Å². The van der Waals surface area contributed by atoms with Gasteiger partial charge in [0, 0.05) is 6.04 Å². The summed E-state index contributed by atoms with van der Waals surface area (Å²) >= 11 is 0. The Labute approximate surface area is 122 Å². The number of amides is 2. The van der Waals surface area contributed by atoms with Crippen LogP contribution in [0.3, 0.4) is 0 Å². The fourth-order valence-electron chi connectivity index (χ4n) is 3.62. The van der Waals surface area contributed by atoms with Crippen LogP contribution in [0, 0.1) is 5.92 Å². The van der Waals surface area contributed by atoms with Crippen molar-refractivity contribution in [3.63, 3.8) is 0 Å². The summed E-state index contributed by atoms with van der Waals surface area (Å²) in [6.07, 6.45) is 5.66. The number of nitrogens with one attached hydrogen (secondary N) is 1. The molecular formula is C16H28N2O2. The van der Waals surface area contributed by atoms with Crippen LogP contribution in [0.25, 0.3) is 0 Å². The number of hydrogen-bond acceptors (Lipinski definition) is 2. The maximum atomic E-state index is 13.0. The predicted octanol–water partition coefficient (Wildman–Crippen LogP) is 2.47. The van der Waals surface area contributed by atoms with Gasteiger partial charge in [0.15, 0.2) is 0 Å². The monoisotopic (exact) mass is 280 g/mol. The summed E-state index contributed by atoms with van der Waals surface area (Å²) in [5, 5.41) is 3.01. The Bertz CT molecular complexity index is 386. The third-order valence-electron chi connectivity index (χ3n) is 5.51. The van der Waals surface area contributed by atoms with Crippen molar-refractivity contribution in [2.45, 2.75) is 83.8 Å². The maximum absolute atomic E-state index is 13.0. The number of carbonyl (C=O) groups is 2. The first-order chi connectivity index (χ1) is 9.50. The van der Waals surface area contributed by atoms with Gasteiger partial charge < -0.3 is 10.2 Å². The van der Waals surface area contributed by atoms with Crippen molar-refractivity contribution >= 4 is 11.8 Å². The van der Waals surface area contributed by atoms with Gasteiger partial charge in [-0.3, -0.25) is 9.59 Å². The molecule has 20 heavy (non-hydrogen) atoms. The van der Waals surface area contributed by atoms with Gasteiger partial charge in [-0.1, -0.05) is 27.2 Å². The van der Waals surface area contributed by atoms with Crippen molar-refractivity contribution in [3.05, 3.63) is 0 Å². The Morgan fingerprint density at radius 1 is 1.25 bits per heavy atom. The molecule has 1 saturated carbocycles. The number of carbonyl (C=O) groups excluding carboxylic acids is 2. The smallest absolute Gasteiger partial charge is 0.249 e. The minimum absolute atomic E-state index is 0.0296. The minimum atomic E-state index is -0.680. The molecule has 0 radical (unpaired) electrons. The first-order valence-electron chi connectivity index (χ1n) is 8.15. The molecule has 0 aromatic rings. The summed E-state index contributed by atoms with van der Waals surface area (Å²) in [6, 6.07) is -0.103. The second-order valence-electron chi connectivity index (χ2n) is 6.35. The molecule has 2 unspecified atom stereocenters. The summed E-state index contributed by atoms with van der Waals surface area (Å²) in [5.74, 6) is 0.737.